The average molecular weight is 278 g/mol. The minimum Gasteiger partial charge on any atom is -0.370 e. The lowest BCUT2D eigenvalue weighted by Crippen LogP contribution is -2.47. The Morgan fingerprint density at radius 2 is 2.30 bits per heavy atom. The molecule has 2 aliphatic rings. The Morgan fingerprint density at radius 1 is 1.45 bits per heavy atom. The van der Waals surface area contributed by atoms with Crippen molar-refractivity contribution in [2.45, 2.75) is 18.9 Å². The fraction of sp³-hybridized carbons (Fsp3) is 0.533. The van der Waals surface area contributed by atoms with Crippen LogP contribution in [0.5, 0.6) is 0 Å². The normalized spacial score (nSPS) is 22.6. The van der Waals surface area contributed by atoms with Crippen LogP contribution in [0.1, 0.15) is 24.5 Å². The maximum Gasteiger partial charge on any atom is 0.317 e. The topological polar surface area (TPSA) is 41.6 Å². The number of hydrogen-bond acceptors (Lipinski definition) is 2. The van der Waals surface area contributed by atoms with Crippen LogP contribution in [0.4, 0.5) is 9.18 Å². The van der Waals surface area contributed by atoms with Crippen molar-refractivity contribution in [1.29, 1.82) is 0 Å². The molecule has 2 fully saturated rings. The van der Waals surface area contributed by atoms with Gasteiger partial charge in [-0.15, -0.1) is 0 Å². The number of morpholine rings is 1. The maximum absolute atomic E-state index is 13.2. The van der Waals surface area contributed by atoms with E-state index in [1.807, 2.05) is 6.07 Å². The molecule has 0 spiro atoms. The van der Waals surface area contributed by atoms with E-state index in [1.165, 1.54) is 25.0 Å². The number of carbonyl (C=O) groups is 1. The molecule has 0 aromatic heterocycles. The van der Waals surface area contributed by atoms with Gasteiger partial charge in [-0.1, -0.05) is 12.1 Å². The number of amides is 2. The molecular formula is C15H19FN2O2. The van der Waals surface area contributed by atoms with Crippen LogP contribution in [-0.4, -0.2) is 37.2 Å². The summed E-state index contributed by atoms with van der Waals surface area (Å²) in [7, 11) is 0. The van der Waals surface area contributed by atoms with Gasteiger partial charge >= 0.3 is 6.03 Å². The number of carbonyl (C=O) groups excluding carboxylic acids is 1. The SMILES string of the molecule is O=C(NCC1CC1)N1CCOC(c2cccc(F)c2)C1. The van der Waals surface area contributed by atoms with E-state index in [9.17, 15) is 9.18 Å². The van der Waals surface area contributed by atoms with Crippen molar-refractivity contribution in [1.82, 2.24) is 10.2 Å². The van der Waals surface area contributed by atoms with Gasteiger partial charge in [-0.25, -0.2) is 9.18 Å². The van der Waals surface area contributed by atoms with Gasteiger partial charge < -0.3 is 15.0 Å². The molecule has 1 aromatic rings. The van der Waals surface area contributed by atoms with Gasteiger partial charge in [0.25, 0.3) is 0 Å². The summed E-state index contributed by atoms with van der Waals surface area (Å²) in [6.45, 7) is 2.31. The summed E-state index contributed by atoms with van der Waals surface area (Å²) in [4.78, 5) is 13.8. The van der Waals surface area contributed by atoms with Gasteiger partial charge in [0.15, 0.2) is 0 Å². The Labute approximate surface area is 117 Å². The summed E-state index contributed by atoms with van der Waals surface area (Å²) in [6, 6.07) is 6.34. The Kier molecular flexibility index (Phi) is 3.87. The summed E-state index contributed by atoms with van der Waals surface area (Å²) in [6.07, 6.45) is 2.19. The summed E-state index contributed by atoms with van der Waals surface area (Å²) in [5.74, 6) is 0.389. The monoisotopic (exact) mass is 278 g/mol. The van der Waals surface area contributed by atoms with Gasteiger partial charge in [-0.2, -0.15) is 0 Å². The lowest BCUT2D eigenvalue weighted by molar-refractivity contribution is -0.0155. The lowest BCUT2D eigenvalue weighted by Gasteiger charge is -2.33. The van der Waals surface area contributed by atoms with Gasteiger partial charge in [0.05, 0.1) is 13.2 Å². The molecule has 108 valence electrons. The molecule has 0 radical (unpaired) electrons. The second-order valence-corrected chi connectivity index (χ2v) is 5.49. The third-order valence-corrected chi connectivity index (χ3v) is 3.81. The highest BCUT2D eigenvalue weighted by molar-refractivity contribution is 5.74. The van der Waals surface area contributed by atoms with E-state index < -0.39 is 0 Å². The van der Waals surface area contributed by atoms with Crippen LogP contribution >= 0.6 is 0 Å². The van der Waals surface area contributed by atoms with Crippen LogP contribution < -0.4 is 5.32 Å². The van der Waals surface area contributed by atoms with Gasteiger partial charge in [-0.3, -0.25) is 0 Å². The molecule has 1 aliphatic heterocycles. The third kappa shape index (κ3) is 3.28. The fourth-order valence-electron chi connectivity index (χ4n) is 2.41. The molecule has 1 aliphatic carbocycles. The van der Waals surface area contributed by atoms with Crippen molar-refractivity contribution >= 4 is 6.03 Å². The van der Waals surface area contributed by atoms with E-state index >= 15 is 0 Å². The maximum atomic E-state index is 13.2. The van der Waals surface area contributed by atoms with Crippen molar-refractivity contribution in [2.75, 3.05) is 26.2 Å². The van der Waals surface area contributed by atoms with E-state index in [0.717, 1.165) is 12.1 Å². The first-order chi connectivity index (χ1) is 9.72. The summed E-state index contributed by atoms with van der Waals surface area (Å²) < 4.78 is 18.9. The molecule has 3 rings (SSSR count). The van der Waals surface area contributed by atoms with Crippen molar-refractivity contribution < 1.29 is 13.9 Å². The molecule has 1 heterocycles. The number of nitrogens with one attached hydrogen (secondary N) is 1. The Morgan fingerprint density at radius 3 is 3.05 bits per heavy atom. The summed E-state index contributed by atoms with van der Waals surface area (Å²) in [5, 5.41) is 2.96. The van der Waals surface area contributed by atoms with Crippen LogP contribution in [0.15, 0.2) is 24.3 Å². The van der Waals surface area contributed by atoms with E-state index in [-0.39, 0.29) is 18.0 Å². The van der Waals surface area contributed by atoms with E-state index in [4.69, 9.17) is 4.74 Å². The van der Waals surface area contributed by atoms with Crippen molar-refractivity contribution in [2.24, 2.45) is 5.92 Å². The van der Waals surface area contributed by atoms with Gasteiger partial charge in [0.2, 0.25) is 0 Å². The highest BCUT2D eigenvalue weighted by atomic mass is 19.1. The van der Waals surface area contributed by atoms with Gasteiger partial charge in [-0.05, 0) is 36.5 Å². The molecule has 20 heavy (non-hydrogen) atoms. The Balaban J connectivity index is 1.59. The number of ether oxygens (including phenoxy) is 1. The predicted octanol–water partition coefficient (Wildman–Crippen LogP) is 2.32. The molecular weight excluding hydrogens is 259 g/mol. The van der Waals surface area contributed by atoms with Crippen LogP contribution in [0.3, 0.4) is 0 Å². The summed E-state index contributed by atoms with van der Waals surface area (Å²) >= 11 is 0. The molecule has 1 atom stereocenters. The Bertz CT molecular complexity index is 491. The molecule has 5 heteroatoms. The number of hydrogen-bond donors (Lipinski definition) is 1. The molecule has 1 saturated carbocycles. The molecule has 2 amide bonds. The fourth-order valence-corrected chi connectivity index (χ4v) is 2.41. The molecule has 1 unspecified atom stereocenters. The molecule has 0 bridgehead atoms. The van der Waals surface area contributed by atoms with E-state index in [1.54, 1.807) is 11.0 Å². The zero-order valence-electron chi connectivity index (χ0n) is 11.3. The highest BCUT2D eigenvalue weighted by Crippen LogP contribution is 2.28. The highest BCUT2D eigenvalue weighted by Gasteiger charge is 2.27. The summed E-state index contributed by atoms with van der Waals surface area (Å²) in [5.41, 5.74) is 0.782. The minimum absolute atomic E-state index is 0.0402. The minimum atomic E-state index is -0.276. The predicted molar refractivity (Wildman–Crippen MR) is 72.8 cm³/mol. The molecule has 1 aromatic carbocycles. The first-order valence-corrected chi connectivity index (χ1v) is 7.12. The number of nitrogens with zero attached hydrogens (tertiary/aromatic N) is 1. The number of rotatable bonds is 3. The van der Waals surface area contributed by atoms with Gasteiger partial charge in [0, 0.05) is 13.1 Å². The smallest absolute Gasteiger partial charge is 0.317 e. The molecule has 1 N–H and O–H groups in total. The number of urea groups is 1. The van der Waals surface area contributed by atoms with E-state index in [2.05, 4.69) is 5.32 Å². The first-order valence-electron chi connectivity index (χ1n) is 7.12. The van der Waals surface area contributed by atoms with Crippen LogP contribution in [0.2, 0.25) is 0 Å². The number of benzene rings is 1. The zero-order chi connectivity index (χ0) is 13.9. The standard InChI is InChI=1S/C15H19FN2O2/c16-13-3-1-2-12(8-13)14-10-18(6-7-20-14)15(19)17-9-11-4-5-11/h1-3,8,11,14H,4-7,9-10H2,(H,17,19). The van der Waals surface area contributed by atoms with Crippen molar-refractivity contribution in [3.8, 4) is 0 Å². The van der Waals surface area contributed by atoms with Crippen molar-refractivity contribution in [3.05, 3.63) is 35.6 Å². The first kappa shape index (κ1) is 13.4. The van der Waals surface area contributed by atoms with Crippen molar-refractivity contribution in [3.63, 3.8) is 0 Å². The Hall–Kier alpha value is -1.62. The second kappa shape index (κ2) is 5.79. The van der Waals surface area contributed by atoms with Crippen LogP contribution in [-0.2, 0) is 4.74 Å². The third-order valence-electron chi connectivity index (χ3n) is 3.81. The van der Waals surface area contributed by atoms with E-state index in [0.29, 0.717) is 25.6 Å². The van der Waals surface area contributed by atoms with Crippen LogP contribution in [0.25, 0.3) is 0 Å². The number of halogens is 1. The average Bonchev–Trinajstić information content (AvgIpc) is 3.29. The van der Waals surface area contributed by atoms with Crippen LogP contribution in [0, 0.1) is 11.7 Å². The molecule has 4 nitrogen and oxygen atoms in total. The zero-order valence-corrected chi connectivity index (χ0v) is 11.3. The quantitative estimate of drug-likeness (QED) is 0.922. The molecule has 1 saturated heterocycles. The largest absolute Gasteiger partial charge is 0.370 e. The van der Waals surface area contributed by atoms with Gasteiger partial charge in [0.1, 0.15) is 11.9 Å². The second-order valence-electron chi connectivity index (χ2n) is 5.49. The lowest BCUT2D eigenvalue weighted by atomic mass is 10.1.